The summed E-state index contributed by atoms with van der Waals surface area (Å²) in [7, 11) is 1.59. The van der Waals surface area contributed by atoms with E-state index in [1.807, 2.05) is 55.5 Å². The van der Waals surface area contributed by atoms with Gasteiger partial charge in [-0.2, -0.15) is 0 Å². The number of hydrogen-bond donors (Lipinski definition) is 1. The van der Waals surface area contributed by atoms with Crippen LogP contribution in [-0.4, -0.2) is 29.5 Å². The first kappa shape index (κ1) is 22.7. The number of nitrogens with zero attached hydrogens (tertiary/aromatic N) is 2. The summed E-state index contributed by atoms with van der Waals surface area (Å²) in [4.78, 5) is 29.4. The molecule has 0 aliphatic rings. The first-order valence-electron chi connectivity index (χ1n) is 10.7. The van der Waals surface area contributed by atoms with Gasteiger partial charge in [0, 0.05) is 10.9 Å². The molecule has 34 heavy (non-hydrogen) atoms. The fourth-order valence-electron chi connectivity index (χ4n) is 3.84. The minimum atomic E-state index is -0.543. The molecule has 1 amide bonds. The summed E-state index contributed by atoms with van der Waals surface area (Å²) < 4.78 is 10.6. The largest absolute Gasteiger partial charge is 0.497 e. The number of nitro benzene ring substituents is 1. The number of nitrogens with one attached hydrogen (secondary N) is 1. The molecule has 1 heterocycles. The molecular weight excluding hydrogens is 434 g/mol. The van der Waals surface area contributed by atoms with Crippen molar-refractivity contribution < 1.29 is 19.2 Å². The van der Waals surface area contributed by atoms with Crippen molar-refractivity contribution >= 4 is 28.2 Å². The SMILES string of the molecule is CCOc1ccc(NC(=O)c2c(C)c(-c3ccc(OC)cc3)nc3ccccc23)c([N+](=O)[O-])c1. The molecular formula is C26H23N3O5. The number of rotatable bonds is 7. The Kier molecular flexibility index (Phi) is 6.40. The number of para-hydroxylation sites is 1. The minimum Gasteiger partial charge on any atom is -0.497 e. The highest BCUT2D eigenvalue weighted by Crippen LogP contribution is 2.33. The van der Waals surface area contributed by atoms with E-state index in [9.17, 15) is 14.9 Å². The lowest BCUT2D eigenvalue weighted by molar-refractivity contribution is -0.384. The highest BCUT2D eigenvalue weighted by Gasteiger charge is 2.22. The molecule has 4 rings (SSSR count). The molecule has 8 heteroatoms. The molecule has 0 bridgehead atoms. The summed E-state index contributed by atoms with van der Waals surface area (Å²) >= 11 is 0. The van der Waals surface area contributed by atoms with Gasteiger partial charge in [0.15, 0.2) is 0 Å². The second-order valence-corrected chi connectivity index (χ2v) is 7.53. The first-order chi connectivity index (χ1) is 16.4. The number of methoxy groups -OCH3 is 1. The van der Waals surface area contributed by atoms with E-state index in [4.69, 9.17) is 14.5 Å². The highest BCUT2D eigenvalue weighted by molar-refractivity contribution is 6.15. The lowest BCUT2D eigenvalue weighted by Crippen LogP contribution is -2.16. The molecule has 172 valence electrons. The number of nitro groups is 1. The second-order valence-electron chi connectivity index (χ2n) is 7.53. The van der Waals surface area contributed by atoms with Gasteiger partial charge in [-0.05, 0) is 61.9 Å². The van der Waals surface area contributed by atoms with Crippen LogP contribution in [-0.2, 0) is 0 Å². The van der Waals surface area contributed by atoms with E-state index in [-0.39, 0.29) is 11.4 Å². The quantitative estimate of drug-likeness (QED) is 0.279. The number of carbonyl (C=O) groups excluding carboxylic acids is 1. The van der Waals surface area contributed by atoms with E-state index in [1.165, 1.54) is 12.1 Å². The van der Waals surface area contributed by atoms with Gasteiger partial charge in [-0.3, -0.25) is 14.9 Å². The van der Waals surface area contributed by atoms with E-state index in [1.54, 1.807) is 20.1 Å². The number of aromatic nitrogens is 1. The zero-order valence-electron chi connectivity index (χ0n) is 19.0. The van der Waals surface area contributed by atoms with Gasteiger partial charge in [-0.1, -0.05) is 18.2 Å². The molecule has 0 aliphatic carbocycles. The summed E-state index contributed by atoms with van der Waals surface area (Å²) in [6, 6.07) is 19.1. The van der Waals surface area contributed by atoms with Crippen LogP contribution >= 0.6 is 0 Å². The molecule has 8 nitrogen and oxygen atoms in total. The average molecular weight is 457 g/mol. The normalized spacial score (nSPS) is 10.7. The van der Waals surface area contributed by atoms with Gasteiger partial charge >= 0.3 is 0 Å². The van der Waals surface area contributed by atoms with Crippen LogP contribution in [0.25, 0.3) is 22.2 Å². The van der Waals surface area contributed by atoms with Crippen LogP contribution in [0.4, 0.5) is 11.4 Å². The van der Waals surface area contributed by atoms with Crippen LogP contribution < -0.4 is 14.8 Å². The average Bonchev–Trinajstić information content (AvgIpc) is 2.84. The summed E-state index contributed by atoms with van der Waals surface area (Å²) in [5, 5.41) is 15.0. The molecule has 0 aliphatic heterocycles. The molecule has 3 aromatic carbocycles. The predicted octanol–water partition coefficient (Wildman–Crippen LogP) is 5.78. The monoisotopic (exact) mass is 457 g/mol. The van der Waals surface area contributed by atoms with Crippen molar-refractivity contribution in [1.82, 2.24) is 4.98 Å². The van der Waals surface area contributed by atoms with Gasteiger partial charge in [0.05, 0.1) is 41.5 Å². The standard InChI is InChI=1S/C26H23N3O5/c1-4-34-19-13-14-22(23(15-19)29(31)32)28-26(30)24-16(2)25(17-9-11-18(33-3)12-10-17)27-21-8-6-5-7-20(21)24/h5-15H,4H2,1-3H3,(H,28,30). The third kappa shape index (κ3) is 4.38. The van der Waals surface area contributed by atoms with Gasteiger partial charge in [0.2, 0.25) is 0 Å². The molecule has 0 saturated heterocycles. The molecule has 0 atom stereocenters. The van der Waals surface area contributed by atoms with Crippen molar-refractivity contribution in [2.45, 2.75) is 13.8 Å². The van der Waals surface area contributed by atoms with Crippen LogP contribution in [0.1, 0.15) is 22.8 Å². The lowest BCUT2D eigenvalue weighted by atomic mass is 9.97. The number of pyridine rings is 1. The lowest BCUT2D eigenvalue weighted by Gasteiger charge is -2.15. The van der Waals surface area contributed by atoms with Gasteiger partial charge in [-0.25, -0.2) is 4.98 Å². The Morgan fingerprint density at radius 3 is 2.44 bits per heavy atom. The Morgan fingerprint density at radius 2 is 1.76 bits per heavy atom. The van der Waals surface area contributed by atoms with Crippen molar-refractivity contribution in [3.05, 3.63) is 88.0 Å². The van der Waals surface area contributed by atoms with E-state index in [0.717, 1.165) is 5.56 Å². The summed E-state index contributed by atoms with van der Waals surface area (Å²) in [6.45, 7) is 3.99. The van der Waals surface area contributed by atoms with E-state index >= 15 is 0 Å². The van der Waals surface area contributed by atoms with Gasteiger partial charge in [0.25, 0.3) is 11.6 Å². The van der Waals surface area contributed by atoms with Crippen molar-refractivity contribution in [1.29, 1.82) is 0 Å². The Hall–Kier alpha value is -4.46. The number of amides is 1. The predicted molar refractivity (Wildman–Crippen MR) is 131 cm³/mol. The van der Waals surface area contributed by atoms with Crippen LogP contribution in [0.2, 0.25) is 0 Å². The summed E-state index contributed by atoms with van der Waals surface area (Å²) in [5.41, 5.74) is 3.02. The molecule has 0 radical (unpaired) electrons. The van der Waals surface area contributed by atoms with Gasteiger partial charge in [-0.15, -0.1) is 0 Å². The first-order valence-corrected chi connectivity index (χ1v) is 10.7. The third-order valence-corrected chi connectivity index (χ3v) is 5.45. The topological polar surface area (TPSA) is 104 Å². The number of hydrogen-bond acceptors (Lipinski definition) is 6. The zero-order chi connectivity index (χ0) is 24.2. The summed E-state index contributed by atoms with van der Waals surface area (Å²) in [5.74, 6) is 0.612. The summed E-state index contributed by atoms with van der Waals surface area (Å²) in [6.07, 6.45) is 0. The number of carbonyl (C=O) groups is 1. The number of anilines is 1. The fourth-order valence-corrected chi connectivity index (χ4v) is 3.84. The maximum Gasteiger partial charge on any atom is 0.296 e. The van der Waals surface area contributed by atoms with Crippen LogP contribution in [0.15, 0.2) is 66.7 Å². The Bertz CT molecular complexity index is 1380. The molecule has 1 aromatic heterocycles. The fraction of sp³-hybridized carbons (Fsp3) is 0.154. The maximum atomic E-state index is 13.5. The van der Waals surface area contributed by atoms with E-state index in [0.29, 0.717) is 45.8 Å². The van der Waals surface area contributed by atoms with Crippen LogP contribution in [0, 0.1) is 17.0 Å². The molecule has 0 fully saturated rings. The molecule has 4 aromatic rings. The number of benzene rings is 3. The van der Waals surface area contributed by atoms with Crippen molar-refractivity contribution in [2.75, 3.05) is 19.0 Å². The smallest absolute Gasteiger partial charge is 0.296 e. The Balaban J connectivity index is 1.81. The second kappa shape index (κ2) is 9.58. The highest BCUT2D eigenvalue weighted by atomic mass is 16.6. The zero-order valence-corrected chi connectivity index (χ0v) is 19.0. The Morgan fingerprint density at radius 1 is 1.06 bits per heavy atom. The van der Waals surface area contributed by atoms with Crippen LogP contribution in [0.5, 0.6) is 11.5 Å². The molecule has 0 spiro atoms. The maximum absolute atomic E-state index is 13.5. The van der Waals surface area contributed by atoms with Crippen molar-refractivity contribution in [3.8, 4) is 22.8 Å². The minimum absolute atomic E-state index is 0.0877. The molecule has 1 N–H and O–H groups in total. The number of fused-ring (bicyclic) bond motifs is 1. The molecule has 0 saturated carbocycles. The van der Waals surface area contributed by atoms with Gasteiger partial charge < -0.3 is 14.8 Å². The molecule has 0 unspecified atom stereocenters. The third-order valence-electron chi connectivity index (χ3n) is 5.45. The van der Waals surface area contributed by atoms with Crippen LogP contribution in [0.3, 0.4) is 0 Å². The van der Waals surface area contributed by atoms with Gasteiger partial charge in [0.1, 0.15) is 17.2 Å². The van der Waals surface area contributed by atoms with E-state index < -0.39 is 10.8 Å². The Labute approximate surface area is 196 Å². The number of ether oxygens (including phenoxy) is 2. The van der Waals surface area contributed by atoms with E-state index in [2.05, 4.69) is 5.32 Å². The van der Waals surface area contributed by atoms with Crippen molar-refractivity contribution in [3.63, 3.8) is 0 Å². The van der Waals surface area contributed by atoms with Crippen molar-refractivity contribution in [2.24, 2.45) is 0 Å².